The molecule has 0 spiro atoms. The van der Waals surface area contributed by atoms with Gasteiger partial charge in [-0.2, -0.15) is 0 Å². The summed E-state index contributed by atoms with van der Waals surface area (Å²) in [5.41, 5.74) is 2.06. The van der Waals surface area contributed by atoms with E-state index < -0.39 is 0 Å². The molecule has 3 rings (SSSR count). The number of rotatable bonds is 9. The van der Waals surface area contributed by atoms with Crippen molar-refractivity contribution in [2.75, 3.05) is 32.1 Å². The van der Waals surface area contributed by atoms with Gasteiger partial charge in [0.1, 0.15) is 22.1 Å². The smallest absolute Gasteiger partial charge is 0.407 e. The fourth-order valence-electron chi connectivity index (χ4n) is 3.01. The molecule has 1 aromatic carbocycles. The van der Waals surface area contributed by atoms with Gasteiger partial charge in [0.2, 0.25) is 5.65 Å². The predicted molar refractivity (Wildman–Crippen MR) is 116 cm³/mol. The van der Waals surface area contributed by atoms with Crippen LogP contribution in [0.1, 0.15) is 32.5 Å². The number of nitrogens with one attached hydrogen (secondary N) is 2. The van der Waals surface area contributed by atoms with Crippen LogP contribution < -0.4 is 15.4 Å². The first-order valence-corrected chi connectivity index (χ1v) is 10.3. The second-order valence-corrected chi connectivity index (χ2v) is 7.75. The molecule has 0 aliphatic heterocycles. The third-order valence-corrected chi connectivity index (χ3v) is 4.86. The van der Waals surface area contributed by atoms with Gasteiger partial charge in [-0.3, -0.25) is 4.40 Å². The Hall–Kier alpha value is -2.81. The van der Waals surface area contributed by atoms with Gasteiger partial charge in [0.05, 0.1) is 19.2 Å². The molecule has 0 atom stereocenters. The Labute approximate surface area is 180 Å². The molecule has 0 saturated heterocycles. The summed E-state index contributed by atoms with van der Waals surface area (Å²) in [6.07, 6.45) is 1.25. The Kier molecular flexibility index (Phi) is 7.15. The highest BCUT2D eigenvalue weighted by molar-refractivity contribution is 6.36. The van der Waals surface area contributed by atoms with E-state index in [1.807, 2.05) is 31.2 Å². The lowest BCUT2D eigenvalue weighted by atomic mass is 10.2. The number of alkyl carbamates (subject to hydrolysis) is 1. The fraction of sp³-hybridized carbons (Fsp3) is 0.500. The van der Waals surface area contributed by atoms with E-state index in [1.54, 1.807) is 13.2 Å². The molecular weight excluding hydrogens is 408 g/mol. The number of aromatic nitrogens is 4. The van der Waals surface area contributed by atoms with Gasteiger partial charge in [-0.1, -0.05) is 25.4 Å². The van der Waals surface area contributed by atoms with Crippen LogP contribution in [0, 0.1) is 12.8 Å². The van der Waals surface area contributed by atoms with E-state index in [9.17, 15) is 4.79 Å². The number of carbonyl (C=O) groups excluding carboxylic acids is 1. The topological polar surface area (TPSA) is 103 Å². The molecule has 2 N–H and O–H groups in total. The lowest BCUT2D eigenvalue weighted by Crippen LogP contribution is -2.26. The first-order chi connectivity index (χ1) is 14.4. The van der Waals surface area contributed by atoms with Gasteiger partial charge in [0, 0.05) is 13.1 Å². The third-order valence-electron chi connectivity index (χ3n) is 4.49. The van der Waals surface area contributed by atoms with Gasteiger partial charge in [-0.25, -0.2) is 9.78 Å². The monoisotopic (exact) mass is 434 g/mol. The standard InChI is InChI=1S/C20H27ClN6O3/c1-12(2)11-30-20(28)23-10-6-5-9-22-18-19-26-25-13(3)27(19)14-7-8-15(29-4)16(21)17(14)24-18/h7-8,12H,5-6,9-11H2,1-4H3,(H,22,24)(H,23,28). The van der Waals surface area contributed by atoms with Crippen molar-refractivity contribution in [3.05, 3.63) is 23.0 Å². The summed E-state index contributed by atoms with van der Waals surface area (Å²) >= 11 is 6.49. The van der Waals surface area contributed by atoms with Gasteiger partial charge in [-0.05, 0) is 37.8 Å². The predicted octanol–water partition coefficient (Wildman–Crippen LogP) is 3.82. The Morgan fingerprint density at radius 3 is 2.73 bits per heavy atom. The number of aryl methyl sites for hydroxylation is 1. The molecule has 10 heteroatoms. The van der Waals surface area contributed by atoms with Crippen molar-refractivity contribution < 1.29 is 14.3 Å². The van der Waals surface area contributed by atoms with E-state index in [2.05, 4.69) is 25.8 Å². The number of methoxy groups -OCH3 is 1. The van der Waals surface area contributed by atoms with Crippen LogP contribution in [0.2, 0.25) is 5.02 Å². The van der Waals surface area contributed by atoms with Gasteiger partial charge < -0.3 is 20.1 Å². The van der Waals surface area contributed by atoms with Gasteiger partial charge >= 0.3 is 6.09 Å². The Morgan fingerprint density at radius 1 is 1.23 bits per heavy atom. The SMILES string of the molecule is COc1ccc2c(nc(NCCCCNC(=O)OCC(C)C)c3nnc(C)n32)c1Cl. The zero-order valence-corrected chi connectivity index (χ0v) is 18.4. The summed E-state index contributed by atoms with van der Waals surface area (Å²) in [6, 6.07) is 3.70. The summed E-state index contributed by atoms with van der Waals surface area (Å²) in [6.45, 7) is 7.50. The molecule has 0 aliphatic rings. The van der Waals surface area contributed by atoms with Gasteiger partial charge in [-0.15, -0.1) is 10.2 Å². The summed E-state index contributed by atoms with van der Waals surface area (Å²) < 4.78 is 12.3. The van der Waals surface area contributed by atoms with E-state index >= 15 is 0 Å². The Balaban J connectivity index is 1.64. The molecule has 2 heterocycles. The van der Waals surface area contributed by atoms with Crippen LogP contribution in [0.4, 0.5) is 10.6 Å². The number of benzene rings is 1. The number of halogens is 1. The van der Waals surface area contributed by atoms with Crippen molar-refractivity contribution in [1.82, 2.24) is 24.9 Å². The average molecular weight is 435 g/mol. The van der Waals surface area contributed by atoms with E-state index in [-0.39, 0.29) is 6.09 Å². The van der Waals surface area contributed by atoms with E-state index in [0.29, 0.717) is 53.4 Å². The Morgan fingerprint density at radius 2 is 2.00 bits per heavy atom. The van der Waals surface area contributed by atoms with Crippen molar-refractivity contribution in [3.8, 4) is 5.75 Å². The van der Waals surface area contributed by atoms with E-state index in [4.69, 9.17) is 21.1 Å². The first-order valence-electron chi connectivity index (χ1n) is 9.94. The first kappa shape index (κ1) is 21.9. The van der Waals surface area contributed by atoms with Crippen LogP contribution in [0.25, 0.3) is 16.7 Å². The highest BCUT2D eigenvalue weighted by atomic mass is 35.5. The van der Waals surface area contributed by atoms with Crippen molar-refractivity contribution >= 4 is 40.2 Å². The maximum atomic E-state index is 11.6. The zero-order chi connectivity index (χ0) is 21.7. The minimum Gasteiger partial charge on any atom is -0.495 e. The Bertz CT molecular complexity index is 1040. The number of hydrogen-bond donors (Lipinski definition) is 2. The third kappa shape index (κ3) is 4.84. The molecule has 0 aliphatic carbocycles. The second-order valence-electron chi connectivity index (χ2n) is 7.37. The highest BCUT2D eigenvalue weighted by Crippen LogP contribution is 2.33. The largest absolute Gasteiger partial charge is 0.495 e. The van der Waals surface area contributed by atoms with Crippen LogP contribution in [-0.2, 0) is 4.74 Å². The molecule has 3 aromatic rings. The molecule has 0 fully saturated rings. The number of anilines is 1. The lowest BCUT2D eigenvalue weighted by molar-refractivity contribution is 0.133. The summed E-state index contributed by atoms with van der Waals surface area (Å²) in [5.74, 6) is 2.22. The molecule has 162 valence electrons. The highest BCUT2D eigenvalue weighted by Gasteiger charge is 2.16. The average Bonchev–Trinajstić information content (AvgIpc) is 3.11. The molecule has 0 radical (unpaired) electrons. The van der Waals surface area contributed by atoms with Crippen LogP contribution >= 0.6 is 11.6 Å². The lowest BCUT2D eigenvalue weighted by Gasteiger charge is -2.12. The molecule has 1 amide bonds. The van der Waals surface area contributed by atoms with E-state index in [0.717, 1.165) is 24.2 Å². The van der Waals surface area contributed by atoms with Crippen molar-refractivity contribution in [3.63, 3.8) is 0 Å². The zero-order valence-electron chi connectivity index (χ0n) is 17.7. The van der Waals surface area contributed by atoms with Crippen molar-refractivity contribution in [1.29, 1.82) is 0 Å². The van der Waals surface area contributed by atoms with Crippen LogP contribution in [0.15, 0.2) is 12.1 Å². The number of unbranched alkanes of at least 4 members (excludes halogenated alkanes) is 1. The molecule has 0 bridgehead atoms. The van der Waals surface area contributed by atoms with E-state index in [1.165, 1.54) is 0 Å². The number of hydrogen-bond acceptors (Lipinski definition) is 7. The van der Waals surface area contributed by atoms with Crippen LogP contribution in [0.5, 0.6) is 5.75 Å². The number of fused-ring (bicyclic) bond motifs is 3. The maximum Gasteiger partial charge on any atom is 0.407 e. The van der Waals surface area contributed by atoms with Crippen molar-refractivity contribution in [2.24, 2.45) is 5.92 Å². The summed E-state index contributed by atoms with van der Waals surface area (Å²) in [4.78, 5) is 16.2. The van der Waals surface area contributed by atoms with Crippen LogP contribution in [0.3, 0.4) is 0 Å². The molecule has 2 aromatic heterocycles. The number of ether oxygens (including phenoxy) is 2. The molecule has 9 nitrogen and oxygen atoms in total. The number of nitrogens with zero attached hydrogens (tertiary/aromatic N) is 4. The van der Waals surface area contributed by atoms with Crippen molar-refractivity contribution in [2.45, 2.75) is 33.6 Å². The summed E-state index contributed by atoms with van der Waals surface area (Å²) in [7, 11) is 1.57. The fourth-order valence-corrected chi connectivity index (χ4v) is 3.28. The normalized spacial score (nSPS) is 11.3. The quantitative estimate of drug-likeness (QED) is 0.493. The molecular formula is C20H27ClN6O3. The number of amides is 1. The molecule has 30 heavy (non-hydrogen) atoms. The molecule has 0 unspecified atom stereocenters. The minimum atomic E-state index is -0.378. The van der Waals surface area contributed by atoms with Gasteiger partial charge in [0.25, 0.3) is 0 Å². The van der Waals surface area contributed by atoms with Crippen LogP contribution in [-0.4, -0.2) is 52.5 Å². The summed E-state index contributed by atoms with van der Waals surface area (Å²) in [5, 5.41) is 14.9. The van der Waals surface area contributed by atoms with Gasteiger partial charge in [0.15, 0.2) is 5.82 Å². The maximum absolute atomic E-state index is 11.6. The number of carbonyl (C=O) groups is 1. The molecule has 0 saturated carbocycles. The minimum absolute atomic E-state index is 0.320. The second kappa shape index (κ2) is 9.80.